The Labute approximate surface area is 182 Å². The van der Waals surface area contributed by atoms with Crippen molar-refractivity contribution in [3.63, 3.8) is 0 Å². The number of hydrogen-bond acceptors (Lipinski definition) is 6. The zero-order valence-corrected chi connectivity index (χ0v) is 18.2. The molecule has 0 spiro atoms. The maximum absolute atomic E-state index is 13.0. The zero-order chi connectivity index (χ0) is 21.1. The van der Waals surface area contributed by atoms with Crippen LogP contribution in [0.5, 0.6) is 0 Å². The number of nitrogens with zero attached hydrogens (tertiary/aromatic N) is 3. The highest BCUT2D eigenvalue weighted by Gasteiger charge is 2.18. The lowest BCUT2D eigenvalue weighted by Gasteiger charge is -2.10. The maximum Gasteiger partial charge on any atom is 0.273 e. The van der Waals surface area contributed by atoms with Crippen molar-refractivity contribution in [2.24, 2.45) is 0 Å². The third-order valence-electron chi connectivity index (χ3n) is 4.58. The second kappa shape index (κ2) is 8.81. The van der Waals surface area contributed by atoms with Gasteiger partial charge in [-0.1, -0.05) is 59.8 Å². The summed E-state index contributed by atoms with van der Waals surface area (Å²) in [5.41, 5.74) is 3.98. The maximum atomic E-state index is 13.0. The number of carbonyl (C=O) groups is 1. The topological polar surface area (TPSA) is 76.9 Å². The van der Waals surface area contributed by atoms with E-state index in [1.807, 2.05) is 68.4 Å². The number of aromatic nitrogens is 3. The molecule has 0 saturated heterocycles. The van der Waals surface area contributed by atoms with E-state index in [9.17, 15) is 9.59 Å². The van der Waals surface area contributed by atoms with E-state index < -0.39 is 0 Å². The largest absolute Gasteiger partial charge is 0.325 e. The predicted octanol–water partition coefficient (Wildman–Crippen LogP) is 4.58. The first-order chi connectivity index (χ1) is 14.6. The van der Waals surface area contributed by atoms with E-state index >= 15 is 0 Å². The molecule has 0 unspecified atom stereocenters. The fourth-order valence-corrected chi connectivity index (χ4v) is 4.68. The highest BCUT2D eigenvalue weighted by atomic mass is 32.2. The number of para-hydroxylation sites is 1. The third-order valence-corrected chi connectivity index (χ3v) is 6.38. The number of rotatable bonds is 6. The van der Waals surface area contributed by atoms with Crippen LogP contribution in [0.15, 0.2) is 64.5 Å². The summed E-state index contributed by atoms with van der Waals surface area (Å²) < 4.78 is 6.63. The van der Waals surface area contributed by atoms with Crippen LogP contribution in [0, 0.1) is 6.92 Å². The normalized spacial score (nSPS) is 11.0. The quantitative estimate of drug-likeness (QED) is 0.354. The van der Waals surface area contributed by atoms with Gasteiger partial charge in [0.05, 0.1) is 5.75 Å². The van der Waals surface area contributed by atoms with E-state index in [1.54, 1.807) is 4.57 Å². The van der Waals surface area contributed by atoms with Gasteiger partial charge in [-0.15, -0.1) is 0 Å². The summed E-state index contributed by atoms with van der Waals surface area (Å²) in [5, 5.41) is 3.37. The molecule has 1 N–H and O–H groups in total. The monoisotopic (exact) mass is 436 g/mol. The molecule has 0 bridgehead atoms. The lowest BCUT2D eigenvalue weighted by atomic mass is 10.1. The molecule has 0 radical (unpaired) electrons. The van der Waals surface area contributed by atoms with Crippen LogP contribution in [-0.4, -0.2) is 25.6 Å². The molecule has 2 aromatic heterocycles. The fraction of sp³-hybridized carbons (Fsp3) is 0.182. The predicted molar refractivity (Wildman–Crippen MR) is 123 cm³/mol. The molecule has 0 aliphatic heterocycles. The number of hydrogen-bond donors (Lipinski definition) is 1. The Morgan fingerprint density at radius 2 is 1.87 bits per heavy atom. The smallest absolute Gasteiger partial charge is 0.273 e. The van der Waals surface area contributed by atoms with Gasteiger partial charge >= 0.3 is 0 Å². The van der Waals surface area contributed by atoms with Gasteiger partial charge in [0, 0.05) is 17.8 Å². The van der Waals surface area contributed by atoms with Crippen LogP contribution < -0.4 is 10.9 Å². The molecule has 4 aromatic rings. The van der Waals surface area contributed by atoms with E-state index in [2.05, 4.69) is 9.69 Å². The first kappa shape index (κ1) is 20.3. The minimum absolute atomic E-state index is 0.121. The highest BCUT2D eigenvalue weighted by molar-refractivity contribution is 7.99. The standard InChI is InChI=1S/C22H20N4O2S2/c1-3-26-21(28)20-19(18(25-30-20)15-11-9-14(2)10-12-15)24-22(26)29-13-17(27)23-16-7-5-4-6-8-16/h4-12H,3,13H2,1-2H3,(H,23,27). The molecule has 2 heterocycles. The van der Waals surface area contributed by atoms with Crippen molar-refractivity contribution in [1.29, 1.82) is 0 Å². The minimum Gasteiger partial charge on any atom is -0.325 e. The van der Waals surface area contributed by atoms with Crippen molar-refractivity contribution in [2.75, 3.05) is 11.1 Å². The van der Waals surface area contributed by atoms with Gasteiger partial charge in [-0.3, -0.25) is 14.2 Å². The molecule has 30 heavy (non-hydrogen) atoms. The van der Waals surface area contributed by atoms with Gasteiger partial charge in [-0.05, 0) is 37.5 Å². The van der Waals surface area contributed by atoms with Crippen LogP contribution in [0.1, 0.15) is 12.5 Å². The molecule has 0 atom stereocenters. The molecule has 0 saturated carbocycles. The van der Waals surface area contributed by atoms with Crippen LogP contribution in [0.25, 0.3) is 21.5 Å². The van der Waals surface area contributed by atoms with Gasteiger partial charge in [0.15, 0.2) is 5.16 Å². The van der Waals surface area contributed by atoms with Gasteiger partial charge in [0.1, 0.15) is 15.9 Å². The Morgan fingerprint density at radius 3 is 2.57 bits per heavy atom. The number of carbonyl (C=O) groups excluding carboxylic acids is 1. The Hall–Kier alpha value is -2.97. The molecular weight excluding hydrogens is 416 g/mol. The van der Waals surface area contributed by atoms with Gasteiger partial charge in [-0.25, -0.2) is 4.98 Å². The van der Waals surface area contributed by atoms with E-state index in [0.29, 0.717) is 27.6 Å². The Kier molecular flexibility index (Phi) is 5.96. The summed E-state index contributed by atoms with van der Waals surface area (Å²) in [6.45, 7) is 4.39. The summed E-state index contributed by atoms with van der Waals surface area (Å²) in [5.74, 6) is 0.00924. The highest BCUT2D eigenvalue weighted by Crippen LogP contribution is 2.29. The van der Waals surface area contributed by atoms with Crippen LogP contribution >= 0.6 is 23.3 Å². The summed E-state index contributed by atoms with van der Waals surface area (Å²) in [6, 6.07) is 17.3. The summed E-state index contributed by atoms with van der Waals surface area (Å²) in [7, 11) is 0. The van der Waals surface area contributed by atoms with Crippen LogP contribution in [0.2, 0.25) is 0 Å². The Bertz CT molecular complexity index is 1250. The summed E-state index contributed by atoms with van der Waals surface area (Å²) in [4.78, 5) is 30.1. The van der Waals surface area contributed by atoms with Gasteiger partial charge < -0.3 is 5.32 Å². The third kappa shape index (κ3) is 4.15. The average Bonchev–Trinajstić information content (AvgIpc) is 3.18. The lowest BCUT2D eigenvalue weighted by molar-refractivity contribution is -0.113. The summed E-state index contributed by atoms with van der Waals surface area (Å²) in [6.07, 6.45) is 0. The zero-order valence-electron chi connectivity index (χ0n) is 16.6. The molecule has 2 aromatic carbocycles. The molecule has 4 rings (SSSR count). The molecule has 0 fully saturated rings. The first-order valence-corrected chi connectivity index (χ1v) is 11.3. The fourth-order valence-electron chi connectivity index (χ4n) is 3.03. The number of amides is 1. The van der Waals surface area contributed by atoms with Crippen molar-refractivity contribution in [3.8, 4) is 11.3 Å². The van der Waals surface area contributed by atoms with Gasteiger partial charge in [0.25, 0.3) is 5.56 Å². The number of anilines is 1. The van der Waals surface area contributed by atoms with Gasteiger partial charge in [-0.2, -0.15) is 4.37 Å². The molecule has 6 nitrogen and oxygen atoms in total. The Balaban J connectivity index is 1.65. The van der Waals surface area contributed by atoms with E-state index in [1.165, 1.54) is 23.3 Å². The number of benzene rings is 2. The number of fused-ring (bicyclic) bond motifs is 1. The van der Waals surface area contributed by atoms with Crippen LogP contribution in [-0.2, 0) is 11.3 Å². The molecular formula is C22H20N4O2S2. The van der Waals surface area contributed by atoms with Crippen molar-refractivity contribution >= 4 is 45.1 Å². The minimum atomic E-state index is -0.148. The van der Waals surface area contributed by atoms with Crippen molar-refractivity contribution < 1.29 is 4.79 Å². The van der Waals surface area contributed by atoms with E-state index in [0.717, 1.165) is 16.8 Å². The van der Waals surface area contributed by atoms with E-state index in [-0.39, 0.29) is 17.2 Å². The van der Waals surface area contributed by atoms with Gasteiger partial charge in [0.2, 0.25) is 5.91 Å². The summed E-state index contributed by atoms with van der Waals surface area (Å²) >= 11 is 2.42. The average molecular weight is 437 g/mol. The number of nitrogens with one attached hydrogen (secondary N) is 1. The number of aryl methyl sites for hydroxylation is 1. The van der Waals surface area contributed by atoms with Crippen LogP contribution in [0.4, 0.5) is 5.69 Å². The molecule has 8 heteroatoms. The Morgan fingerprint density at radius 1 is 1.13 bits per heavy atom. The lowest BCUT2D eigenvalue weighted by Crippen LogP contribution is -2.22. The van der Waals surface area contributed by atoms with E-state index in [4.69, 9.17) is 4.98 Å². The molecule has 152 valence electrons. The second-order valence-corrected chi connectivity index (χ2v) is 8.44. The molecule has 1 amide bonds. The SMILES string of the molecule is CCn1c(SCC(=O)Nc2ccccc2)nc2c(-c3ccc(C)cc3)nsc2c1=O. The molecule has 0 aliphatic carbocycles. The van der Waals surface area contributed by atoms with Crippen LogP contribution in [0.3, 0.4) is 0 Å². The van der Waals surface area contributed by atoms with Crippen molar-refractivity contribution in [1.82, 2.24) is 13.9 Å². The van der Waals surface area contributed by atoms with Crippen molar-refractivity contribution in [2.45, 2.75) is 25.5 Å². The van der Waals surface area contributed by atoms with Crippen molar-refractivity contribution in [3.05, 3.63) is 70.5 Å². The first-order valence-electron chi connectivity index (χ1n) is 9.51. The number of thioether (sulfide) groups is 1. The second-order valence-electron chi connectivity index (χ2n) is 6.72. The molecule has 0 aliphatic rings.